The Morgan fingerprint density at radius 2 is 1.81 bits per heavy atom. The average molecular weight is 416 g/mol. The molecule has 5 rings (SSSR count). The second-order valence-corrected chi connectivity index (χ2v) is 8.04. The van der Waals surface area contributed by atoms with Crippen molar-refractivity contribution in [1.82, 2.24) is 14.6 Å². The minimum absolute atomic E-state index is 0.0106. The second kappa shape index (κ2) is 7.91. The summed E-state index contributed by atoms with van der Waals surface area (Å²) in [5.41, 5.74) is 2.65. The number of carbonyl (C=O) groups excluding carboxylic acids is 1. The molecule has 0 saturated carbocycles. The maximum atomic E-state index is 13.2. The lowest BCUT2D eigenvalue weighted by atomic mass is 9.94. The molecule has 31 heavy (non-hydrogen) atoms. The third-order valence-corrected chi connectivity index (χ3v) is 6.13. The number of carbonyl (C=O) groups is 1. The summed E-state index contributed by atoms with van der Waals surface area (Å²) in [5, 5.41) is 12.6. The van der Waals surface area contributed by atoms with Crippen molar-refractivity contribution in [2.75, 3.05) is 18.2 Å². The van der Waals surface area contributed by atoms with Crippen LogP contribution >= 0.6 is 0 Å². The molecule has 3 aromatic rings. The van der Waals surface area contributed by atoms with Crippen LogP contribution in [0.15, 0.2) is 65.7 Å². The molecule has 0 fully saturated rings. The molecule has 2 aromatic heterocycles. The van der Waals surface area contributed by atoms with Gasteiger partial charge in [-0.15, -0.1) is 0 Å². The fraction of sp³-hybridized carbons (Fsp3) is 0.292. The largest absolute Gasteiger partial charge is 0.502 e. The molecule has 1 atom stereocenters. The first kappa shape index (κ1) is 19.4. The van der Waals surface area contributed by atoms with Crippen molar-refractivity contribution in [3.8, 4) is 5.75 Å². The zero-order valence-electron chi connectivity index (χ0n) is 17.1. The van der Waals surface area contributed by atoms with Crippen LogP contribution in [0.5, 0.6) is 5.75 Å². The summed E-state index contributed by atoms with van der Waals surface area (Å²) in [6.07, 6.45) is 7.19. The van der Waals surface area contributed by atoms with E-state index in [9.17, 15) is 14.7 Å². The number of amides is 1. The first-order valence-electron chi connectivity index (χ1n) is 10.6. The van der Waals surface area contributed by atoms with Crippen LogP contribution in [-0.4, -0.2) is 38.8 Å². The zero-order chi connectivity index (χ0) is 21.4. The van der Waals surface area contributed by atoms with Gasteiger partial charge in [0.1, 0.15) is 12.7 Å². The minimum Gasteiger partial charge on any atom is -0.502 e. The van der Waals surface area contributed by atoms with Crippen LogP contribution in [-0.2, 0) is 6.42 Å². The van der Waals surface area contributed by atoms with E-state index in [4.69, 9.17) is 0 Å². The van der Waals surface area contributed by atoms with Gasteiger partial charge in [-0.2, -0.15) is 0 Å². The summed E-state index contributed by atoms with van der Waals surface area (Å²) < 4.78 is 1.63. The third kappa shape index (κ3) is 3.36. The molecule has 0 aliphatic carbocycles. The minimum atomic E-state index is -0.555. The lowest BCUT2D eigenvalue weighted by Gasteiger charge is -2.43. The highest BCUT2D eigenvalue weighted by Gasteiger charge is 2.37. The summed E-state index contributed by atoms with van der Waals surface area (Å²) in [5.74, 6) is -0.830. The van der Waals surface area contributed by atoms with E-state index in [1.807, 2.05) is 29.3 Å². The topological polar surface area (TPSA) is 78.7 Å². The van der Waals surface area contributed by atoms with Crippen LogP contribution in [0.3, 0.4) is 0 Å². The number of aryl methyl sites for hydroxylation is 1. The van der Waals surface area contributed by atoms with Gasteiger partial charge in [0.25, 0.3) is 5.91 Å². The molecule has 1 amide bonds. The van der Waals surface area contributed by atoms with Crippen LogP contribution in [0.2, 0.25) is 0 Å². The van der Waals surface area contributed by atoms with Crippen LogP contribution in [0, 0.1) is 0 Å². The van der Waals surface area contributed by atoms with Crippen molar-refractivity contribution in [2.24, 2.45) is 0 Å². The fourth-order valence-electron chi connectivity index (χ4n) is 4.60. The van der Waals surface area contributed by atoms with Gasteiger partial charge in [0.05, 0.1) is 5.69 Å². The average Bonchev–Trinajstić information content (AvgIpc) is 2.82. The predicted molar refractivity (Wildman–Crippen MR) is 117 cm³/mol. The van der Waals surface area contributed by atoms with E-state index in [2.05, 4.69) is 23.2 Å². The molecule has 158 valence electrons. The number of nitrogens with zero attached hydrogens (tertiary/aromatic N) is 4. The summed E-state index contributed by atoms with van der Waals surface area (Å²) in [7, 11) is 0. The van der Waals surface area contributed by atoms with Gasteiger partial charge < -0.3 is 10.0 Å². The van der Waals surface area contributed by atoms with E-state index >= 15 is 0 Å². The molecule has 1 aromatic carbocycles. The predicted octanol–water partition coefficient (Wildman–Crippen LogP) is 2.82. The van der Waals surface area contributed by atoms with Gasteiger partial charge >= 0.3 is 0 Å². The van der Waals surface area contributed by atoms with Crippen molar-refractivity contribution in [3.05, 3.63) is 93.7 Å². The molecule has 0 spiro atoms. The van der Waals surface area contributed by atoms with Crippen molar-refractivity contribution >= 4 is 5.91 Å². The number of aromatic nitrogens is 2. The van der Waals surface area contributed by atoms with Gasteiger partial charge in [-0.3, -0.25) is 24.3 Å². The maximum Gasteiger partial charge on any atom is 0.277 e. The van der Waals surface area contributed by atoms with Crippen LogP contribution in [0.1, 0.15) is 52.6 Å². The van der Waals surface area contributed by atoms with Crippen molar-refractivity contribution in [3.63, 3.8) is 0 Å². The van der Waals surface area contributed by atoms with Gasteiger partial charge in [-0.25, -0.2) is 0 Å². The SMILES string of the molecule is O=C1c2c(O)c(=O)ccn2N2CN1CCCCCc1ccccc1[C@@H]2c1ccccn1. The lowest BCUT2D eigenvalue weighted by Crippen LogP contribution is -2.55. The standard InChI is InChI=1S/C24H24N4O3/c29-20-12-15-27-22(23(20)30)24(31)26-14-7-1-2-8-17-9-3-4-10-18(17)21(28(27)16-26)19-11-5-6-13-25-19/h3-6,9-13,15,21,30H,1-2,7-8,14,16H2/t21-/m1/s1. The zero-order valence-corrected chi connectivity index (χ0v) is 17.1. The van der Waals surface area contributed by atoms with Gasteiger partial charge in [0.15, 0.2) is 11.4 Å². The number of hydrogen-bond acceptors (Lipinski definition) is 5. The molecule has 0 unspecified atom stereocenters. The highest BCUT2D eigenvalue weighted by Crippen LogP contribution is 2.34. The fourth-order valence-corrected chi connectivity index (χ4v) is 4.60. The molecule has 4 heterocycles. The van der Waals surface area contributed by atoms with E-state index < -0.39 is 11.2 Å². The summed E-state index contributed by atoms with van der Waals surface area (Å²) >= 11 is 0. The Hall–Kier alpha value is -3.61. The summed E-state index contributed by atoms with van der Waals surface area (Å²) in [6, 6.07) is 15.2. The molecule has 7 nitrogen and oxygen atoms in total. The van der Waals surface area contributed by atoms with E-state index in [-0.39, 0.29) is 17.6 Å². The van der Waals surface area contributed by atoms with Crippen molar-refractivity contribution in [1.29, 1.82) is 0 Å². The van der Waals surface area contributed by atoms with E-state index in [0.717, 1.165) is 36.9 Å². The Kier molecular flexibility index (Phi) is 4.94. The Morgan fingerprint density at radius 1 is 0.968 bits per heavy atom. The number of benzene rings is 1. The number of fused-ring (bicyclic) bond motifs is 5. The number of aromatic hydroxyl groups is 1. The van der Waals surface area contributed by atoms with Crippen molar-refractivity contribution < 1.29 is 9.90 Å². The van der Waals surface area contributed by atoms with Crippen LogP contribution in [0.25, 0.3) is 0 Å². The molecule has 0 radical (unpaired) electrons. The molecule has 2 aliphatic heterocycles. The quantitative estimate of drug-likeness (QED) is 0.660. The number of rotatable bonds is 1. The molecule has 1 N–H and O–H groups in total. The Balaban J connectivity index is 1.78. The lowest BCUT2D eigenvalue weighted by molar-refractivity contribution is 0.0676. The van der Waals surface area contributed by atoms with Crippen molar-refractivity contribution in [2.45, 2.75) is 31.7 Å². The van der Waals surface area contributed by atoms with E-state index in [1.165, 1.54) is 11.6 Å². The number of pyridine rings is 2. The monoisotopic (exact) mass is 416 g/mol. The molecule has 7 heteroatoms. The van der Waals surface area contributed by atoms with Gasteiger partial charge in [-0.1, -0.05) is 36.8 Å². The van der Waals surface area contributed by atoms with Crippen LogP contribution in [0.4, 0.5) is 0 Å². The molecular formula is C24H24N4O3. The Morgan fingerprint density at radius 3 is 2.65 bits per heavy atom. The third-order valence-electron chi connectivity index (χ3n) is 6.13. The summed E-state index contributed by atoms with van der Waals surface area (Å²) in [6.45, 7) is 0.910. The Bertz CT molecular complexity index is 1170. The van der Waals surface area contributed by atoms with E-state index in [0.29, 0.717) is 13.2 Å². The molecular weight excluding hydrogens is 392 g/mol. The smallest absolute Gasteiger partial charge is 0.277 e. The van der Waals surface area contributed by atoms with Gasteiger partial charge in [0, 0.05) is 25.0 Å². The number of hydrogen-bond donors (Lipinski definition) is 1. The second-order valence-electron chi connectivity index (χ2n) is 8.04. The first-order chi connectivity index (χ1) is 15.1. The van der Waals surface area contributed by atoms with Gasteiger partial charge in [0.2, 0.25) is 5.43 Å². The molecule has 2 aliphatic rings. The normalized spacial score (nSPS) is 18.7. The molecule has 2 bridgehead atoms. The van der Waals surface area contributed by atoms with Crippen LogP contribution < -0.4 is 10.4 Å². The highest BCUT2D eigenvalue weighted by atomic mass is 16.3. The summed E-state index contributed by atoms with van der Waals surface area (Å²) in [4.78, 5) is 31.7. The van der Waals surface area contributed by atoms with Gasteiger partial charge in [-0.05, 0) is 42.5 Å². The highest BCUT2D eigenvalue weighted by molar-refractivity contribution is 5.96. The van der Waals surface area contributed by atoms with E-state index in [1.54, 1.807) is 22.0 Å². The molecule has 0 saturated heterocycles. The Labute approximate surface area is 180 Å². The maximum absolute atomic E-state index is 13.2. The first-order valence-corrected chi connectivity index (χ1v) is 10.6.